The summed E-state index contributed by atoms with van der Waals surface area (Å²) in [6, 6.07) is 10.5. The minimum atomic E-state index is 0. The Hall–Kier alpha value is -2.20. The Morgan fingerprint density at radius 1 is 1.19 bits per heavy atom. The summed E-state index contributed by atoms with van der Waals surface area (Å²) in [5.41, 5.74) is 1.25. The van der Waals surface area contributed by atoms with E-state index in [-0.39, 0.29) is 24.0 Å². The van der Waals surface area contributed by atoms with E-state index in [0.29, 0.717) is 13.1 Å². The van der Waals surface area contributed by atoms with Gasteiger partial charge >= 0.3 is 0 Å². The van der Waals surface area contributed by atoms with Crippen LogP contribution in [0.15, 0.2) is 60.4 Å². The lowest BCUT2D eigenvalue weighted by molar-refractivity contribution is 0.194. The molecule has 0 spiro atoms. The topological polar surface area (TPSA) is 61.6 Å². The number of piperazine rings is 1. The standard InChI is InChI=1S/C23H33N7.HI/c1-3-12-24-23(25-13-15-30-20-26-27-22(30)4-2)29-18-16-28(17-19-29)14-8-11-21-9-6-5-7-10-21;/h3,5-11,20H,1,4,12-19H2,2H3,(H,24,25);1H/b11-8+;. The molecule has 8 heteroatoms. The second-order valence-electron chi connectivity index (χ2n) is 7.27. The van der Waals surface area contributed by atoms with Crippen LogP contribution in [0.5, 0.6) is 0 Å². The van der Waals surface area contributed by atoms with Gasteiger partial charge in [0.25, 0.3) is 0 Å². The molecule has 0 atom stereocenters. The van der Waals surface area contributed by atoms with Gasteiger partial charge in [0.2, 0.25) is 0 Å². The van der Waals surface area contributed by atoms with Crippen molar-refractivity contribution in [1.82, 2.24) is 29.9 Å². The van der Waals surface area contributed by atoms with Crippen molar-refractivity contribution in [2.24, 2.45) is 4.99 Å². The molecule has 1 aliphatic heterocycles. The van der Waals surface area contributed by atoms with Crippen molar-refractivity contribution in [3.05, 3.63) is 66.8 Å². The molecule has 3 rings (SSSR count). The number of guanidine groups is 1. The molecule has 2 heterocycles. The van der Waals surface area contributed by atoms with Gasteiger partial charge in [0.05, 0.1) is 6.54 Å². The van der Waals surface area contributed by atoms with Gasteiger partial charge in [-0.05, 0) is 5.56 Å². The van der Waals surface area contributed by atoms with Crippen LogP contribution in [0.25, 0.3) is 6.08 Å². The third-order valence-corrected chi connectivity index (χ3v) is 5.16. The summed E-state index contributed by atoms with van der Waals surface area (Å²) < 4.78 is 2.08. The monoisotopic (exact) mass is 535 g/mol. The Labute approximate surface area is 203 Å². The van der Waals surface area contributed by atoms with Gasteiger partial charge < -0.3 is 14.8 Å². The molecular formula is C23H34IN7. The summed E-state index contributed by atoms with van der Waals surface area (Å²) in [4.78, 5) is 9.66. The summed E-state index contributed by atoms with van der Waals surface area (Å²) >= 11 is 0. The molecule has 168 valence electrons. The molecule has 2 aromatic rings. The Morgan fingerprint density at radius 3 is 2.68 bits per heavy atom. The van der Waals surface area contributed by atoms with Gasteiger partial charge in [-0.2, -0.15) is 0 Å². The highest BCUT2D eigenvalue weighted by Gasteiger charge is 2.18. The predicted octanol–water partition coefficient (Wildman–Crippen LogP) is 2.92. The molecule has 0 saturated carbocycles. The number of hydrogen-bond donors (Lipinski definition) is 1. The van der Waals surface area contributed by atoms with Crippen LogP contribution in [-0.2, 0) is 13.0 Å². The van der Waals surface area contributed by atoms with Crippen LogP contribution in [0, 0.1) is 0 Å². The predicted molar refractivity (Wildman–Crippen MR) is 139 cm³/mol. The van der Waals surface area contributed by atoms with Crippen LogP contribution < -0.4 is 5.32 Å². The van der Waals surface area contributed by atoms with Crippen molar-refractivity contribution in [2.75, 3.05) is 45.8 Å². The van der Waals surface area contributed by atoms with E-state index in [1.165, 1.54) is 5.56 Å². The number of benzene rings is 1. The Morgan fingerprint density at radius 2 is 1.97 bits per heavy atom. The van der Waals surface area contributed by atoms with E-state index < -0.39 is 0 Å². The van der Waals surface area contributed by atoms with Crippen LogP contribution >= 0.6 is 24.0 Å². The minimum Gasteiger partial charge on any atom is -0.353 e. The van der Waals surface area contributed by atoms with Crippen molar-refractivity contribution >= 4 is 36.0 Å². The lowest BCUT2D eigenvalue weighted by atomic mass is 10.2. The van der Waals surface area contributed by atoms with Crippen LogP contribution in [0.1, 0.15) is 18.3 Å². The number of rotatable bonds is 9. The third-order valence-electron chi connectivity index (χ3n) is 5.16. The fourth-order valence-electron chi connectivity index (χ4n) is 3.48. The van der Waals surface area contributed by atoms with E-state index in [9.17, 15) is 0 Å². The summed E-state index contributed by atoms with van der Waals surface area (Å²) in [5.74, 6) is 1.96. The lowest BCUT2D eigenvalue weighted by Gasteiger charge is -2.36. The molecule has 0 unspecified atom stereocenters. The van der Waals surface area contributed by atoms with Crippen molar-refractivity contribution in [2.45, 2.75) is 19.9 Å². The maximum Gasteiger partial charge on any atom is 0.194 e. The Balaban J connectivity index is 0.00000341. The van der Waals surface area contributed by atoms with Gasteiger partial charge in [-0.25, -0.2) is 0 Å². The van der Waals surface area contributed by atoms with E-state index >= 15 is 0 Å². The highest BCUT2D eigenvalue weighted by Crippen LogP contribution is 2.05. The van der Waals surface area contributed by atoms with Crippen molar-refractivity contribution in [3.8, 4) is 0 Å². The highest BCUT2D eigenvalue weighted by atomic mass is 127. The molecule has 1 aliphatic rings. The minimum absolute atomic E-state index is 0. The first-order valence-electron chi connectivity index (χ1n) is 10.7. The smallest absolute Gasteiger partial charge is 0.194 e. The maximum absolute atomic E-state index is 4.84. The van der Waals surface area contributed by atoms with Gasteiger partial charge in [0, 0.05) is 52.2 Å². The van der Waals surface area contributed by atoms with Crippen molar-refractivity contribution in [1.29, 1.82) is 0 Å². The summed E-state index contributed by atoms with van der Waals surface area (Å²) in [6.45, 7) is 13.1. The molecule has 1 aromatic heterocycles. The molecule has 0 amide bonds. The highest BCUT2D eigenvalue weighted by molar-refractivity contribution is 14.0. The number of nitrogens with zero attached hydrogens (tertiary/aromatic N) is 6. The third kappa shape index (κ3) is 8.10. The molecule has 0 radical (unpaired) electrons. The summed E-state index contributed by atoms with van der Waals surface area (Å²) in [5, 5.41) is 11.5. The molecular weight excluding hydrogens is 501 g/mol. The average molecular weight is 535 g/mol. The quantitative estimate of drug-likeness (QED) is 0.232. The van der Waals surface area contributed by atoms with Crippen molar-refractivity contribution < 1.29 is 0 Å². The van der Waals surface area contributed by atoms with E-state index in [1.54, 1.807) is 6.33 Å². The van der Waals surface area contributed by atoms with Gasteiger partial charge in [0.15, 0.2) is 5.96 Å². The first-order chi connectivity index (χ1) is 14.8. The van der Waals surface area contributed by atoms with Crippen molar-refractivity contribution in [3.63, 3.8) is 0 Å². The Kier molecular flexibility index (Phi) is 11.3. The second kappa shape index (κ2) is 14.0. The number of aromatic nitrogens is 3. The first-order valence-corrected chi connectivity index (χ1v) is 10.7. The zero-order valence-electron chi connectivity index (χ0n) is 18.4. The number of hydrogen-bond acceptors (Lipinski definition) is 4. The number of aliphatic imine (C=N–C) groups is 1. The number of aryl methyl sites for hydroxylation is 1. The van der Waals surface area contributed by atoms with Gasteiger partial charge in [-0.3, -0.25) is 9.89 Å². The van der Waals surface area contributed by atoms with E-state index in [1.807, 2.05) is 12.1 Å². The molecule has 0 bridgehead atoms. The number of halogens is 1. The molecule has 7 nitrogen and oxygen atoms in total. The zero-order valence-corrected chi connectivity index (χ0v) is 20.7. The van der Waals surface area contributed by atoms with Crippen LogP contribution in [0.2, 0.25) is 0 Å². The fourth-order valence-corrected chi connectivity index (χ4v) is 3.48. The molecule has 1 fully saturated rings. The second-order valence-corrected chi connectivity index (χ2v) is 7.27. The van der Waals surface area contributed by atoms with Crippen LogP contribution in [-0.4, -0.2) is 76.3 Å². The molecule has 1 saturated heterocycles. The first kappa shape index (κ1) is 25.1. The van der Waals surface area contributed by atoms with E-state index in [2.05, 4.69) is 79.8 Å². The largest absolute Gasteiger partial charge is 0.353 e. The molecule has 31 heavy (non-hydrogen) atoms. The molecule has 1 N–H and O–H groups in total. The average Bonchev–Trinajstić information content (AvgIpc) is 3.25. The van der Waals surface area contributed by atoms with Crippen LogP contribution in [0.3, 0.4) is 0 Å². The molecule has 0 aliphatic carbocycles. The fraction of sp³-hybridized carbons (Fsp3) is 0.435. The van der Waals surface area contributed by atoms with Gasteiger partial charge in [0.1, 0.15) is 12.2 Å². The van der Waals surface area contributed by atoms with E-state index in [4.69, 9.17) is 4.99 Å². The normalized spacial score (nSPS) is 15.1. The van der Waals surface area contributed by atoms with Gasteiger partial charge in [-0.15, -0.1) is 40.8 Å². The summed E-state index contributed by atoms with van der Waals surface area (Å²) in [7, 11) is 0. The zero-order chi connectivity index (χ0) is 21.0. The number of nitrogens with one attached hydrogen (secondary N) is 1. The SMILES string of the molecule is C=CCNC(=NCCn1cnnc1CC)N1CCN(C/C=C/c2ccccc2)CC1.I. The van der Waals surface area contributed by atoms with Crippen LogP contribution in [0.4, 0.5) is 0 Å². The molecule has 1 aromatic carbocycles. The maximum atomic E-state index is 4.84. The van der Waals surface area contributed by atoms with Gasteiger partial charge in [-0.1, -0.05) is 55.5 Å². The van der Waals surface area contributed by atoms with E-state index in [0.717, 1.165) is 57.5 Å². The summed E-state index contributed by atoms with van der Waals surface area (Å²) in [6.07, 6.45) is 8.98. The lowest BCUT2D eigenvalue weighted by Crippen LogP contribution is -2.52. The Bertz CT molecular complexity index is 823.